The van der Waals surface area contributed by atoms with Gasteiger partial charge in [0.05, 0.1) is 13.0 Å². The Morgan fingerprint density at radius 3 is 2.73 bits per heavy atom. The molecule has 0 heterocycles. The molecule has 0 aromatic heterocycles. The first-order valence-corrected chi connectivity index (χ1v) is 5.54. The Kier molecular flexibility index (Phi) is 3.89. The summed E-state index contributed by atoms with van der Waals surface area (Å²) in [6, 6.07) is 0. The normalized spacial score (nSPS) is 29.5. The summed E-state index contributed by atoms with van der Waals surface area (Å²) in [6.45, 7) is 4.27. The summed E-state index contributed by atoms with van der Waals surface area (Å²) in [5, 5.41) is 0. The minimum absolute atomic E-state index is 0.0675. The molecule has 0 amide bonds. The van der Waals surface area contributed by atoms with Gasteiger partial charge in [-0.2, -0.15) is 0 Å². The molecule has 0 spiro atoms. The largest absolute Gasteiger partial charge is 0.469 e. The standard InChI is InChI=1S/C12H20O3/c1-12(2)7-4-5-9(11(14)15-3)10(12)6-8-13/h8-10H,4-7H2,1-3H3/t9-,10+/m0/s1. The number of carbonyl (C=O) groups is 2. The van der Waals surface area contributed by atoms with Crippen LogP contribution in [0, 0.1) is 17.3 Å². The summed E-state index contributed by atoms with van der Waals surface area (Å²) < 4.78 is 4.80. The van der Waals surface area contributed by atoms with Gasteiger partial charge < -0.3 is 9.53 Å². The Hall–Kier alpha value is -0.860. The highest BCUT2D eigenvalue weighted by molar-refractivity contribution is 5.73. The van der Waals surface area contributed by atoms with Gasteiger partial charge in [0.25, 0.3) is 0 Å². The van der Waals surface area contributed by atoms with Crippen LogP contribution in [-0.4, -0.2) is 19.4 Å². The van der Waals surface area contributed by atoms with Crippen molar-refractivity contribution in [1.29, 1.82) is 0 Å². The number of methoxy groups -OCH3 is 1. The second-order valence-corrected chi connectivity index (χ2v) is 5.02. The highest BCUT2D eigenvalue weighted by atomic mass is 16.5. The van der Waals surface area contributed by atoms with Gasteiger partial charge in [0, 0.05) is 6.42 Å². The number of ether oxygens (including phenoxy) is 1. The summed E-state index contributed by atoms with van der Waals surface area (Å²) in [6.07, 6.45) is 4.37. The molecular formula is C12H20O3. The van der Waals surface area contributed by atoms with Gasteiger partial charge in [0.15, 0.2) is 0 Å². The Morgan fingerprint density at radius 1 is 1.53 bits per heavy atom. The molecule has 1 rings (SSSR count). The zero-order valence-electron chi connectivity index (χ0n) is 9.79. The molecule has 1 aliphatic carbocycles. The molecule has 2 atom stereocenters. The van der Waals surface area contributed by atoms with Gasteiger partial charge in [-0.05, 0) is 24.2 Å². The van der Waals surface area contributed by atoms with Gasteiger partial charge in [0.2, 0.25) is 0 Å². The van der Waals surface area contributed by atoms with E-state index in [0.717, 1.165) is 25.5 Å². The lowest BCUT2D eigenvalue weighted by atomic mass is 9.62. The van der Waals surface area contributed by atoms with Crippen LogP contribution in [0.1, 0.15) is 39.5 Å². The van der Waals surface area contributed by atoms with E-state index in [1.165, 1.54) is 7.11 Å². The second kappa shape index (κ2) is 4.77. The van der Waals surface area contributed by atoms with E-state index in [2.05, 4.69) is 13.8 Å². The summed E-state index contributed by atoms with van der Waals surface area (Å²) >= 11 is 0. The van der Waals surface area contributed by atoms with Crippen LogP contribution >= 0.6 is 0 Å². The lowest BCUT2D eigenvalue weighted by Crippen LogP contribution is -2.39. The van der Waals surface area contributed by atoms with Crippen molar-refractivity contribution >= 4 is 12.3 Å². The predicted octanol–water partition coefficient (Wildman–Crippen LogP) is 2.19. The van der Waals surface area contributed by atoms with Gasteiger partial charge in [-0.25, -0.2) is 0 Å². The first-order valence-electron chi connectivity index (χ1n) is 5.54. The van der Waals surface area contributed by atoms with Crippen molar-refractivity contribution in [2.45, 2.75) is 39.5 Å². The lowest BCUT2D eigenvalue weighted by molar-refractivity contribution is -0.151. The molecular weight excluding hydrogens is 192 g/mol. The van der Waals surface area contributed by atoms with Crippen molar-refractivity contribution in [2.75, 3.05) is 7.11 Å². The number of esters is 1. The molecule has 1 aliphatic rings. The molecule has 0 bridgehead atoms. The van der Waals surface area contributed by atoms with Gasteiger partial charge in [0.1, 0.15) is 6.29 Å². The maximum absolute atomic E-state index is 11.6. The van der Waals surface area contributed by atoms with Crippen molar-refractivity contribution in [3.8, 4) is 0 Å². The van der Waals surface area contributed by atoms with Crippen LogP contribution in [0.15, 0.2) is 0 Å². The molecule has 1 saturated carbocycles. The molecule has 15 heavy (non-hydrogen) atoms. The molecule has 0 aromatic rings. The molecule has 0 saturated heterocycles. The SMILES string of the molecule is COC(=O)[C@H]1CCCC(C)(C)[C@@H]1CC=O. The first kappa shape index (κ1) is 12.2. The molecule has 1 fully saturated rings. The summed E-state index contributed by atoms with van der Waals surface area (Å²) in [5.74, 6) is -0.116. The monoisotopic (exact) mass is 212 g/mol. The quantitative estimate of drug-likeness (QED) is 0.532. The van der Waals surface area contributed by atoms with E-state index in [4.69, 9.17) is 4.74 Å². The fourth-order valence-electron chi connectivity index (χ4n) is 2.73. The van der Waals surface area contributed by atoms with E-state index >= 15 is 0 Å². The van der Waals surface area contributed by atoms with E-state index in [9.17, 15) is 9.59 Å². The van der Waals surface area contributed by atoms with E-state index in [0.29, 0.717) is 6.42 Å². The third kappa shape index (κ3) is 2.58. The minimum atomic E-state index is -0.158. The third-order valence-electron chi connectivity index (χ3n) is 3.68. The second-order valence-electron chi connectivity index (χ2n) is 5.02. The van der Waals surface area contributed by atoms with Crippen molar-refractivity contribution in [3.05, 3.63) is 0 Å². The van der Waals surface area contributed by atoms with Crippen molar-refractivity contribution in [2.24, 2.45) is 17.3 Å². The predicted molar refractivity (Wildman–Crippen MR) is 57.3 cm³/mol. The summed E-state index contributed by atoms with van der Waals surface area (Å²) in [4.78, 5) is 22.3. The average Bonchev–Trinajstić information content (AvgIpc) is 2.20. The highest BCUT2D eigenvalue weighted by Crippen LogP contribution is 2.45. The molecule has 0 unspecified atom stereocenters. The number of hydrogen-bond acceptors (Lipinski definition) is 3. The topological polar surface area (TPSA) is 43.4 Å². The molecule has 86 valence electrons. The van der Waals surface area contributed by atoms with Gasteiger partial charge in [-0.3, -0.25) is 4.79 Å². The zero-order valence-corrected chi connectivity index (χ0v) is 9.79. The molecule has 0 N–H and O–H groups in total. The number of rotatable bonds is 3. The molecule has 0 aromatic carbocycles. The van der Waals surface area contributed by atoms with E-state index in [1.807, 2.05) is 0 Å². The van der Waals surface area contributed by atoms with E-state index < -0.39 is 0 Å². The van der Waals surface area contributed by atoms with Crippen LogP contribution in [0.3, 0.4) is 0 Å². The Bertz CT molecular complexity index is 245. The number of carbonyl (C=O) groups excluding carboxylic acids is 2. The first-order chi connectivity index (χ1) is 7.03. The maximum atomic E-state index is 11.6. The molecule has 3 nitrogen and oxygen atoms in total. The maximum Gasteiger partial charge on any atom is 0.308 e. The lowest BCUT2D eigenvalue weighted by Gasteiger charge is -2.42. The Labute approximate surface area is 91.2 Å². The van der Waals surface area contributed by atoms with E-state index in [-0.39, 0.29) is 23.2 Å². The van der Waals surface area contributed by atoms with Crippen LogP contribution in [0.25, 0.3) is 0 Å². The number of hydrogen-bond donors (Lipinski definition) is 0. The fourth-order valence-corrected chi connectivity index (χ4v) is 2.73. The minimum Gasteiger partial charge on any atom is -0.469 e. The van der Waals surface area contributed by atoms with Crippen molar-refractivity contribution in [1.82, 2.24) is 0 Å². The van der Waals surface area contributed by atoms with Crippen LogP contribution in [0.4, 0.5) is 0 Å². The Balaban J connectivity index is 2.83. The fraction of sp³-hybridized carbons (Fsp3) is 0.833. The Morgan fingerprint density at radius 2 is 2.20 bits per heavy atom. The number of aldehydes is 1. The van der Waals surface area contributed by atoms with Gasteiger partial charge in [-0.15, -0.1) is 0 Å². The van der Waals surface area contributed by atoms with Crippen LogP contribution in [0.5, 0.6) is 0 Å². The van der Waals surface area contributed by atoms with Crippen LogP contribution in [0.2, 0.25) is 0 Å². The summed E-state index contributed by atoms with van der Waals surface area (Å²) in [7, 11) is 1.42. The zero-order chi connectivity index (χ0) is 11.5. The van der Waals surface area contributed by atoms with Crippen LogP contribution in [-0.2, 0) is 14.3 Å². The van der Waals surface area contributed by atoms with Gasteiger partial charge >= 0.3 is 5.97 Å². The third-order valence-corrected chi connectivity index (χ3v) is 3.68. The van der Waals surface area contributed by atoms with Gasteiger partial charge in [-0.1, -0.05) is 20.3 Å². The van der Waals surface area contributed by atoms with Crippen LogP contribution < -0.4 is 0 Å². The summed E-state index contributed by atoms with van der Waals surface area (Å²) in [5.41, 5.74) is 0.0675. The van der Waals surface area contributed by atoms with E-state index in [1.54, 1.807) is 0 Å². The van der Waals surface area contributed by atoms with Crippen molar-refractivity contribution in [3.63, 3.8) is 0 Å². The molecule has 0 aliphatic heterocycles. The molecule has 3 heteroatoms. The van der Waals surface area contributed by atoms with Crippen molar-refractivity contribution < 1.29 is 14.3 Å². The average molecular weight is 212 g/mol. The molecule has 0 radical (unpaired) electrons. The highest BCUT2D eigenvalue weighted by Gasteiger charge is 2.42. The smallest absolute Gasteiger partial charge is 0.308 e.